The quantitative estimate of drug-likeness (QED) is 0.0897. The first-order valence-electron chi connectivity index (χ1n) is 10.3. The van der Waals surface area contributed by atoms with Gasteiger partial charge < -0.3 is 31.1 Å². The molecule has 0 rings (SSSR count). The first-order chi connectivity index (χ1) is 14.6. The second kappa shape index (κ2) is 17.1. The molecule has 0 fully saturated rings. The van der Waals surface area contributed by atoms with Gasteiger partial charge in [0.25, 0.3) is 0 Å². The molecule has 2 atom stereocenters. The molecule has 180 valence electrons. The molecule has 0 radical (unpaired) electrons. The molecule has 0 aliphatic rings. The summed E-state index contributed by atoms with van der Waals surface area (Å²) in [4.78, 5) is 52.6. The van der Waals surface area contributed by atoms with Gasteiger partial charge in [-0.3, -0.25) is 19.2 Å². The van der Waals surface area contributed by atoms with Crippen molar-refractivity contribution in [2.24, 2.45) is 0 Å². The van der Waals surface area contributed by atoms with Crippen LogP contribution < -0.4 is 21.3 Å². The highest BCUT2D eigenvalue weighted by atomic mass is 32.1. The van der Waals surface area contributed by atoms with E-state index in [1.165, 1.54) is 0 Å². The van der Waals surface area contributed by atoms with Crippen LogP contribution in [0.2, 0.25) is 0 Å². The Labute approximate surface area is 196 Å². The summed E-state index contributed by atoms with van der Waals surface area (Å²) >= 11 is 8.20. The van der Waals surface area contributed by atoms with Crippen molar-refractivity contribution >= 4 is 48.9 Å². The van der Waals surface area contributed by atoms with Gasteiger partial charge in [0, 0.05) is 24.6 Å². The van der Waals surface area contributed by atoms with Gasteiger partial charge in [-0.2, -0.15) is 25.3 Å². The van der Waals surface area contributed by atoms with Crippen molar-refractivity contribution < 1.29 is 19.2 Å². The monoisotopic (exact) mass is 478 g/mol. The number of hydrogen-bond donors (Lipinski definition) is 6. The molecule has 0 saturated heterocycles. The van der Waals surface area contributed by atoms with Gasteiger partial charge in [-0.25, -0.2) is 0 Å². The minimum atomic E-state index is -0.844. The fraction of sp³-hybridized carbons (Fsp3) is 0.789. The average molecular weight is 479 g/mol. The third kappa shape index (κ3) is 15.0. The summed E-state index contributed by atoms with van der Waals surface area (Å²) in [5.74, 6) is -1.75. The van der Waals surface area contributed by atoms with Crippen molar-refractivity contribution in [2.75, 3.05) is 65.9 Å². The maximum atomic E-state index is 12.2. The topological polar surface area (TPSA) is 123 Å². The van der Waals surface area contributed by atoms with Crippen molar-refractivity contribution in [1.29, 1.82) is 0 Å². The minimum Gasteiger partial charge on any atom is -0.354 e. The van der Waals surface area contributed by atoms with Crippen molar-refractivity contribution in [2.45, 2.75) is 31.3 Å². The Kier molecular flexibility index (Phi) is 16.3. The molecular weight excluding hydrogens is 440 g/mol. The lowest BCUT2D eigenvalue weighted by molar-refractivity contribution is -0.134. The molecule has 31 heavy (non-hydrogen) atoms. The van der Waals surface area contributed by atoms with Gasteiger partial charge in [-0.15, -0.1) is 0 Å². The summed E-state index contributed by atoms with van der Waals surface area (Å²) in [6, 6.07) is -1.69. The average Bonchev–Trinajstić information content (AvgIpc) is 2.69. The van der Waals surface area contributed by atoms with E-state index in [2.05, 4.69) is 46.5 Å². The number of amides is 4. The predicted octanol–water partition coefficient (Wildman–Crippen LogP) is -1.66. The predicted molar refractivity (Wildman–Crippen MR) is 129 cm³/mol. The van der Waals surface area contributed by atoms with Gasteiger partial charge in [-0.05, 0) is 54.1 Å². The lowest BCUT2D eigenvalue weighted by atomic mass is 10.2. The van der Waals surface area contributed by atoms with Crippen LogP contribution in [0.4, 0.5) is 0 Å². The van der Waals surface area contributed by atoms with Crippen LogP contribution in [0.5, 0.6) is 0 Å². The van der Waals surface area contributed by atoms with E-state index >= 15 is 0 Å². The van der Waals surface area contributed by atoms with Crippen LogP contribution in [0.15, 0.2) is 0 Å². The fourth-order valence-corrected chi connectivity index (χ4v) is 3.00. The van der Waals surface area contributed by atoms with Gasteiger partial charge in [0.2, 0.25) is 23.6 Å². The Hall–Kier alpha value is -1.50. The summed E-state index contributed by atoms with van der Waals surface area (Å²) in [7, 11) is 7.76. The van der Waals surface area contributed by atoms with Gasteiger partial charge in [0.1, 0.15) is 18.5 Å². The molecule has 0 aliphatic heterocycles. The van der Waals surface area contributed by atoms with E-state index in [1.54, 1.807) is 0 Å². The van der Waals surface area contributed by atoms with E-state index in [4.69, 9.17) is 0 Å². The highest BCUT2D eigenvalue weighted by Crippen LogP contribution is 1.95. The SMILES string of the molecule is CN(C)CCCNC(=O)C(CS)NC(=O)CC(=O)NC(CS)C(=O)NCCCN(C)C. The largest absolute Gasteiger partial charge is 0.354 e. The molecule has 0 aliphatic carbocycles. The Morgan fingerprint density at radius 2 is 1.06 bits per heavy atom. The molecular formula is C19H38N6O4S2. The molecule has 0 spiro atoms. The zero-order valence-corrected chi connectivity index (χ0v) is 20.7. The van der Waals surface area contributed by atoms with Crippen LogP contribution >= 0.6 is 25.3 Å². The second-order valence-corrected chi connectivity index (χ2v) is 8.41. The number of nitrogens with zero attached hydrogens (tertiary/aromatic N) is 2. The smallest absolute Gasteiger partial charge is 0.243 e. The summed E-state index contributed by atoms with van der Waals surface area (Å²) < 4.78 is 0. The van der Waals surface area contributed by atoms with Crippen LogP contribution in [0.25, 0.3) is 0 Å². The highest BCUT2D eigenvalue weighted by Gasteiger charge is 2.23. The minimum absolute atomic E-state index is 0.0987. The first-order valence-corrected chi connectivity index (χ1v) is 11.5. The molecule has 0 aromatic heterocycles. The maximum absolute atomic E-state index is 12.2. The molecule has 0 bridgehead atoms. The zero-order valence-electron chi connectivity index (χ0n) is 18.9. The van der Waals surface area contributed by atoms with Gasteiger partial charge in [0.15, 0.2) is 0 Å². The summed E-state index contributed by atoms with van der Waals surface area (Å²) in [6.07, 6.45) is 1.05. The van der Waals surface area contributed by atoms with Crippen LogP contribution in [-0.2, 0) is 19.2 Å². The van der Waals surface area contributed by atoms with E-state index < -0.39 is 30.3 Å². The van der Waals surface area contributed by atoms with E-state index in [9.17, 15) is 19.2 Å². The maximum Gasteiger partial charge on any atom is 0.243 e. The lowest BCUT2D eigenvalue weighted by Crippen LogP contribution is -2.51. The number of rotatable bonds is 16. The van der Waals surface area contributed by atoms with Crippen molar-refractivity contribution in [3.8, 4) is 0 Å². The van der Waals surface area contributed by atoms with Gasteiger partial charge in [0.05, 0.1) is 0 Å². The molecule has 10 nitrogen and oxygen atoms in total. The van der Waals surface area contributed by atoms with Crippen LogP contribution in [-0.4, -0.2) is 111 Å². The molecule has 4 amide bonds. The fourth-order valence-electron chi connectivity index (χ4n) is 2.48. The summed E-state index contributed by atoms with van der Waals surface area (Å²) in [6.45, 7) is 2.61. The number of carbonyl (C=O) groups is 4. The van der Waals surface area contributed by atoms with Crippen molar-refractivity contribution in [3.05, 3.63) is 0 Å². The van der Waals surface area contributed by atoms with Gasteiger partial charge >= 0.3 is 0 Å². The number of nitrogens with one attached hydrogen (secondary N) is 4. The molecule has 0 aromatic carbocycles. The van der Waals surface area contributed by atoms with E-state index in [0.717, 1.165) is 25.9 Å². The second-order valence-electron chi connectivity index (χ2n) is 7.68. The molecule has 0 saturated carbocycles. The van der Waals surface area contributed by atoms with Crippen molar-refractivity contribution in [3.63, 3.8) is 0 Å². The molecule has 4 N–H and O–H groups in total. The van der Waals surface area contributed by atoms with E-state index in [-0.39, 0.29) is 23.3 Å². The third-order valence-electron chi connectivity index (χ3n) is 4.15. The van der Waals surface area contributed by atoms with Crippen LogP contribution in [0.1, 0.15) is 19.3 Å². The van der Waals surface area contributed by atoms with Gasteiger partial charge in [-0.1, -0.05) is 0 Å². The third-order valence-corrected chi connectivity index (χ3v) is 4.88. The molecule has 12 heteroatoms. The van der Waals surface area contributed by atoms with Crippen molar-refractivity contribution in [1.82, 2.24) is 31.1 Å². The number of carbonyl (C=O) groups excluding carboxylic acids is 4. The van der Waals surface area contributed by atoms with E-state index in [0.29, 0.717) is 13.1 Å². The Morgan fingerprint density at radius 1 is 0.710 bits per heavy atom. The Morgan fingerprint density at radius 3 is 1.35 bits per heavy atom. The van der Waals surface area contributed by atoms with Crippen LogP contribution in [0, 0.1) is 0 Å². The number of hydrogen-bond acceptors (Lipinski definition) is 8. The normalized spacial score (nSPS) is 12.9. The highest BCUT2D eigenvalue weighted by molar-refractivity contribution is 7.80. The molecule has 2 unspecified atom stereocenters. The van der Waals surface area contributed by atoms with E-state index in [1.807, 2.05) is 38.0 Å². The zero-order chi connectivity index (χ0) is 23.8. The number of thiol groups is 2. The molecule has 0 heterocycles. The standard InChI is InChI=1S/C19H38N6O4S2/c1-24(2)9-5-7-20-18(28)14(12-30)22-16(26)11-17(27)23-15(13-31)19(29)21-8-6-10-25(3)4/h14-15,30-31H,5-13H2,1-4H3,(H,20,28)(H,21,29)(H,22,26)(H,23,27). The Bertz CT molecular complexity index is 530. The lowest BCUT2D eigenvalue weighted by Gasteiger charge is -2.19. The first kappa shape index (κ1) is 29.5. The summed E-state index contributed by atoms with van der Waals surface area (Å²) in [5.41, 5.74) is 0. The summed E-state index contributed by atoms with van der Waals surface area (Å²) in [5, 5.41) is 10.5. The van der Waals surface area contributed by atoms with Crippen LogP contribution in [0.3, 0.4) is 0 Å². The Balaban J connectivity index is 4.39. The molecule has 0 aromatic rings.